The first-order valence-electron chi connectivity index (χ1n) is 12.8. The van der Waals surface area contributed by atoms with Gasteiger partial charge in [-0.1, -0.05) is 0 Å². The molecule has 9 nitrogen and oxygen atoms in total. The minimum atomic E-state index is -5.08. The van der Waals surface area contributed by atoms with Gasteiger partial charge < -0.3 is 25.0 Å². The van der Waals surface area contributed by atoms with Crippen LogP contribution in [0.25, 0.3) is 0 Å². The molecule has 0 spiro atoms. The fraction of sp³-hybridized carbons (Fsp3) is 0.833. The molecule has 2 N–H and O–H groups in total. The van der Waals surface area contributed by atoms with Gasteiger partial charge in [-0.3, -0.25) is 14.4 Å². The highest BCUT2D eigenvalue weighted by atomic mass is 19.4. The molecule has 0 aromatic rings. The van der Waals surface area contributed by atoms with E-state index in [-0.39, 0.29) is 29.6 Å². The molecule has 0 aliphatic carbocycles. The second-order valence-corrected chi connectivity index (χ2v) is 9.59. The fourth-order valence-electron chi connectivity index (χ4n) is 4.95. The number of hydrogen-bond donors (Lipinski definition) is 2. The molecule has 3 heterocycles. The number of piperidine rings is 3. The number of carboxylic acid groups (broad SMARTS) is 1. The van der Waals surface area contributed by atoms with Crippen LogP contribution in [0.2, 0.25) is 0 Å². The first kappa shape index (κ1) is 29.9. The summed E-state index contributed by atoms with van der Waals surface area (Å²) in [6, 6.07) is 0. The number of aliphatic carboxylic acids is 1. The molecule has 2 atom stereocenters. The van der Waals surface area contributed by atoms with E-state index in [2.05, 4.69) is 5.32 Å². The topological polar surface area (TPSA) is 116 Å². The Kier molecular flexibility index (Phi) is 11.9. The highest BCUT2D eigenvalue weighted by Crippen LogP contribution is 2.25. The van der Waals surface area contributed by atoms with Crippen molar-refractivity contribution < 1.29 is 42.2 Å². The third-order valence-corrected chi connectivity index (χ3v) is 6.94. The Labute approximate surface area is 209 Å². The van der Waals surface area contributed by atoms with Gasteiger partial charge in [0.1, 0.15) is 0 Å². The van der Waals surface area contributed by atoms with Crippen LogP contribution in [0, 0.1) is 17.8 Å². The molecule has 3 fully saturated rings. The number of alkyl halides is 3. The number of ether oxygens (including phenoxy) is 1. The zero-order valence-electron chi connectivity index (χ0n) is 20.9. The second kappa shape index (κ2) is 14.4. The molecule has 3 saturated heterocycles. The van der Waals surface area contributed by atoms with Gasteiger partial charge in [0.15, 0.2) is 0 Å². The monoisotopic (exact) mass is 521 g/mol. The zero-order valence-corrected chi connectivity index (χ0v) is 20.9. The average molecular weight is 522 g/mol. The van der Waals surface area contributed by atoms with Gasteiger partial charge >= 0.3 is 18.1 Å². The maximum atomic E-state index is 13.1. The van der Waals surface area contributed by atoms with E-state index >= 15 is 0 Å². The van der Waals surface area contributed by atoms with E-state index in [0.29, 0.717) is 38.6 Å². The number of halogens is 3. The van der Waals surface area contributed by atoms with E-state index in [9.17, 15) is 27.6 Å². The largest absolute Gasteiger partial charge is 0.490 e. The molecule has 0 radical (unpaired) electrons. The summed E-state index contributed by atoms with van der Waals surface area (Å²) >= 11 is 0. The molecule has 0 aromatic carbocycles. The summed E-state index contributed by atoms with van der Waals surface area (Å²) in [5.41, 5.74) is 0. The van der Waals surface area contributed by atoms with Gasteiger partial charge in [-0.05, 0) is 70.9 Å². The number of nitrogens with one attached hydrogen (secondary N) is 1. The summed E-state index contributed by atoms with van der Waals surface area (Å²) < 4.78 is 36.9. The number of hydrogen-bond acceptors (Lipinski definition) is 6. The summed E-state index contributed by atoms with van der Waals surface area (Å²) in [6.07, 6.45) is 2.12. The zero-order chi connectivity index (χ0) is 26.7. The molecular weight excluding hydrogens is 483 g/mol. The Morgan fingerprint density at radius 1 is 0.944 bits per heavy atom. The van der Waals surface area contributed by atoms with Crippen molar-refractivity contribution >= 4 is 23.8 Å². The quantitative estimate of drug-likeness (QED) is 0.516. The van der Waals surface area contributed by atoms with Crippen molar-refractivity contribution in [1.82, 2.24) is 15.1 Å². The fourth-order valence-corrected chi connectivity index (χ4v) is 4.95. The third-order valence-electron chi connectivity index (χ3n) is 6.94. The van der Waals surface area contributed by atoms with Gasteiger partial charge in [0.25, 0.3) is 0 Å². The maximum absolute atomic E-state index is 13.1. The molecule has 0 aromatic heterocycles. The van der Waals surface area contributed by atoms with Crippen molar-refractivity contribution in [3.63, 3.8) is 0 Å². The summed E-state index contributed by atoms with van der Waals surface area (Å²) in [4.78, 5) is 50.5. The maximum Gasteiger partial charge on any atom is 0.490 e. The van der Waals surface area contributed by atoms with Gasteiger partial charge in [0.2, 0.25) is 11.8 Å². The molecule has 12 heteroatoms. The van der Waals surface area contributed by atoms with Crippen LogP contribution >= 0.6 is 0 Å². The number of esters is 1. The molecule has 206 valence electrons. The van der Waals surface area contributed by atoms with E-state index in [1.54, 1.807) is 0 Å². The van der Waals surface area contributed by atoms with Crippen LogP contribution in [0.1, 0.15) is 58.3 Å². The lowest BCUT2D eigenvalue weighted by molar-refractivity contribution is -0.192. The number of likely N-dealkylation sites (tertiary alicyclic amines) is 2. The van der Waals surface area contributed by atoms with Crippen LogP contribution in [-0.2, 0) is 23.9 Å². The molecule has 3 aliphatic rings. The van der Waals surface area contributed by atoms with Gasteiger partial charge in [-0.15, -0.1) is 0 Å². The van der Waals surface area contributed by atoms with Crippen LogP contribution in [0.15, 0.2) is 0 Å². The van der Waals surface area contributed by atoms with E-state index < -0.39 is 12.1 Å². The molecule has 0 bridgehead atoms. The Morgan fingerprint density at radius 3 is 2.08 bits per heavy atom. The van der Waals surface area contributed by atoms with Gasteiger partial charge in [0, 0.05) is 32.6 Å². The molecule has 2 amide bonds. The highest BCUT2D eigenvalue weighted by molar-refractivity contribution is 5.82. The van der Waals surface area contributed by atoms with Crippen molar-refractivity contribution in [2.24, 2.45) is 17.8 Å². The smallest absolute Gasteiger partial charge is 0.475 e. The van der Waals surface area contributed by atoms with E-state index in [1.807, 2.05) is 16.7 Å². The van der Waals surface area contributed by atoms with Gasteiger partial charge in [0.05, 0.1) is 18.4 Å². The van der Waals surface area contributed by atoms with E-state index in [4.69, 9.17) is 14.6 Å². The SMILES string of the molecule is CCOC(=O)[C@@H]1CCCN(C(=O)C2CCCN(C(=O)CCC3CCNCC3)C2)C1.O=C(O)C(F)(F)F. The number of carboxylic acids is 1. The first-order valence-corrected chi connectivity index (χ1v) is 12.8. The van der Waals surface area contributed by atoms with Crippen molar-refractivity contribution in [1.29, 1.82) is 0 Å². The number of nitrogens with zero attached hydrogens (tertiary/aromatic N) is 2. The normalized spacial score (nSPS) is 23.3. The van der Waals surface area contributed by atoms with E-state index in [0.717, 1.165) is 64.6 Å². The lowest BCUT2D eigenvalue weighted by Gasteiger charge is -2.38. The van der Waals surface area contributed by atoms with Gasteiger partial charge in [-0.2, -0.15) is 13.2 Å². The Bertz CT molecular complexity index is 758. The summed E-state index contributed by atoms with van der Waals surface area (Å²) in [7, 11) is 0. The van der Waals surface area contributed by atoms with Crippen molar-refractivity contribution in [3.05, 3.63) is 0 Å². The Balaban J connectivity index is 0.000000572. The summed E-state index contributed by atoms with van der Waals surface area (Å²) in [5.74, 6) is -2.34. The molecule has 3 rings (SSSR count). The summed E-state index contributed by atoms with van der Waals surface area (Å²) in [5, 5.41) is 10.5. The van der Waals surface area contributed by atoms with Crippen LogP contribution in [0.3, 0.4) is 0 Å². The number of carbonyl (C=O) groups is 4. The van der Waals surface area contributed by atoms with E-state index in [1.165, 1.54) is 0 Å². The van der Waals surface area contributed by atoms with Crippen molar-refractivity contribution in [3.8, 4) is 0 Å². The molecule has 0 saturated carbocycles. The standard InChI is InChI=1S/C22H37N3O4.C2HF3O2/c1-2-29-22(28)19-6-4-14-25(16-19)21(27)18-5-3-13-24(15-18)20(26)8-7-17-9-11-23-12-10-17;3-2(4,5)1(6)7/h17-19,23H,2-16H2,1H3;(H,6,7)/t18?,19-;/m1./s1. The molecular formula is C24H38F3N3O6. The van der Waals surface area contributed by atoms with Crippen LogP contribution < -0.4 is 5.32 Å². The average Bonchev–Trinajstić information content (AvgIpc) is 2.87. The predicted octanol–water partition coefficient (Wildman–Crippen LogP) is 2.44. The van der Waals surface area contributed by atoms with Crippen molar-refractivity contribution in [2.45, 2.75) is 64.5 Å². The highest BCUT2D eigenvalue weighted by Gasteiger charge is 2.38. The van der Waals surface area contributed by atoms with Crippen molar-refractivity contribution in [2.75, 3.05) is 45.9 Å². The lowest BCUT2D eigenvalue weighted by atomic mass is 9.91. The lowest BCUT2D eigenvalue weighted by Crippen LogP contribution is -2.50. The number of amides is 2. The first-order chi connectivity index (χ1) is 17.0. The number of carbonyl (C=O) groups excluding carboxylic acids is 3. The van der Waals surface area contributed by atoms with Crippen LogP contribution in [0.4, 0.5) is 13.2 Å². The minimum Gasteiger partial charge on any atom is -0.475 e. The minimum absolute atomic E-state index is 0.106. The third kappa shape index (κ3) is 9.59. The Morgan fingerprint density at radius 2 is 1.50 bits per heavy atom. The predicted molar refractivity (Wildman–Crippen MR) is 124 cm³/mol. The number of rotatable bonds is 6. The van der Waals surface area contributed by atoms with Gasteiger partial charge in [-0.25, -0.2) is 4.79 Å². The molecule has 36 heavy (non-hydrogen) atoms. The van der Waals surface area contributed by atoms with Crippen LogP contribution in [-0.4, -0.2) is 90.7 Å². The second-order valence-electron chi connectivity index (χ2n) is 9.59. The molecule has 3 aliphatic heterocycles. The molecule has 1 unspecified atom stereocenters. The summed E-state index contributed by atoms with van der Waals surface area (Å²) in [6.45, 7) is 6.75. The Hall–Kier alpha value is -2.37. The van der Waals surface area contributed by atoms with Crippen LogP contribution in [0.5, 0.6) is 0 Å².